The molecule has 0 aliphatic heterocycles. The average Bonchev–Trinajstić information content (AvgIpc) is 2.90. The average molecular weight is 346 g/mol. The minimum Gasteiger partial charge on any atom is -0.497 e. The molecule has 0 saturated carbocycles. The van der Waals surface area contributed by atoms with Crippen molar-refractivity contribution in [3.63, 3.8) is 0 Å². The molecule has 3 aromatic rings. The van der Waals surface area contributed by atoms with E-state index in [1.54, 1.807) is 7.11 Å². The lowest BCUT2D eigenvalue weighted by molar-refractivity contribution is 0.415. The van der Waals surface area contributed by atoms with Crippen molar-refractivity contribution in [1.82, 2.24) is 4.57 Å². The summed E-state index contributed by atoms with van der Waals surface area (Å²) in [5, 5.41) is 1.01. The zero-order valence-corrected chi connectivity index (χ0v) is 16.2. The van der Waals surface area contributed by atoms with E-state index in [-0.39, 0.29) is 5.41 Å². The van der Waals surface area contributed by atoms with E-state index < -0.39 is 0 Å². The van der Waals surface area contributed by atoms with Crippen molar-refractivity contribution in [2.45, 2.75) is 39.7 Å². The van der Waals surface area contributed by atoms with E-state index in [0.717, 1.165) is 40.1 Å². The molecule has 0 aliphatic carbocycles. The van der Waals surface area contributed by atoms with Gasteiger partial charge in [0.25, 0.3) is 0 Å². The Morgan fingerprint density at radius 1 is 1.04 bits per heavy atom. The Labute approximate surface area is 155 Å². The lowest BCUT2D eigenvalue weighted by Crippen LogP contribution is -2.10. The summed E-state index contributed by atoms with van der Waals surface area (Å²) >= 11 is 0. The van der Waals surface area contributed by atoms with Crippen LogP contribution in [0.2, 0.25) is 0 Å². The molecule has 0 amide bonds. The third-order valence-electron chi connectivity index (χ3n) is 4.70. The quantitative estimate of drug-likeness (QED) is 0.667. The number of nitrogen functional groups attached to an aromatic ring is 1. The molecule has 0 radical (unpaired) electrons. The maximum absolute atomic E-state index is 6.39. The maximum Gasteiger partial charge on any atom is 0.120 e. The summed E-state index contributed by atoms with van der Waals surface area (Å²) < 4.78 is 7.49. The van der Waals surface area contributed by atoms with Crippen molar-refractivity contribution in [2.24, 2.45) is 0 Å². The number of aryl methyl sites for hydroxylation is 1. The number of benzene rings is 2. The second kappa shape index (κ2) is 6.80. The van der Waals surface area contributed by atoms with Gasteiger partial charge in [0.15, 0.2) is 0 Å². The normalized spacial score (nSPS) is 11.3. The van der Waals surface area contributed by atoms with Gasteiger partial charge in [-0.15, -0.1) is 0 Å². The van der Waals surface area contributed by atoms with Crippen molar-refractivity contribution >= 4 is 16.6 Å². The minimum atomic E-state index is 0.143. The van der Waals surface area contributed by atoms with Crippen LogP contribution in [0.3, 0.4) is 0 Å². The van der Waals surface area contributed by atoms with E-state index in [1.165, 1.54) is 5.56 Å². The SMILES string of the molecule is CCn1c(C#Cc2ccc(C(C)(C)C)cc2)c(N)c2ccc(OC)cc21. The van der Waals surface area contributed by atoms with Crippen molar-refractivity contribution in [3.8, 4) is 17.6 Å². The summed E-state index contributed by atoms with van der Waals surface area (Å²) in [4.78, 5) is 0. The summed E-state index contributed by atoms with van der Waals surface area (Å²) in [6, 6.07) is 14.4. The van der Waals surface area contributed by atoms with Gasteiger partial charge in [0.1, 0.15) is 11.4 Å². The van der Waals surface area contributed by atoms with Crippen LogP contribution in [0.15, 0.2) is 42.5 Å². The van der Waals surface area contributed by atoms with Gasteiger partial charge in [-0.2, -0.15) is 0 Å². The molecule has 26 heavy (non-hydrogen) atoms. The standard InChI is InChI=1S/C23H26N2O/c1-6-25-20(22(24)19-13-12-18(26-5)15-21(19)25)14-9-16-7-10-17(11-8-16)23(2,3)4/h7-8,10-13,15H,6,24H2,1-5H3. The molecule has 0 aliphatic rings. The Bertz CT molecular complexity index is 993. The van der Waals surface area contributed by atoms with Gasteiger partial charge in [-0.3, -0.25) is 0 Å². The van der Waals surface area contributed by atoms with Gasteiger partial charge in [-0.1, -0.05) is 38.8 Å². The number of ether oxygens (including phenoxy) is 1. The van der Waals surface area contributed by atoms with Gasteiger partial charge < -0.3 is 15.0 Å². The fourth-order valence-corrected chi connectivity index (χ4v) is 3.13. The predicted octanol–water partition coefficient (Wildman–Crippen LogP) is 4.95. The fraction of sp³-hybridized carbons (Fsp3) is 0.304. The summed E-state index contributed by atoms with van der Waals surface area (Å²) in [5.41, 5.74) is 11.5. The molecule has 3 rings (SSSR count). The van der Waals surface area contributed by atoms with E-state index in [1.807, 2.05) is 18.2 Å². The lowest BCUT2D eigenvalue weighted by Gasteiger charge is -2.18. The number of methoxy groups -OCH3 is 1. The third kappa shape index (κ3) is 3.28. The van der Waals surface area contributed by atoms with Gasteiger partial charge >= 0.3 is 0 Å². The first-order chi connectivity index (χ1) is 12.3. The van der Waals surface area contributed by atoms with Crippen molar-refractivity contribution in [2.75, 3.05) is 12.8 Å². The number of hydrogen-bond donors (Lipinski definition) is 1. The number of nitrogens with zero attached hydrogens (tertiary/aromatic N) is 1. The van der Waals surface area contributed by atoms with Crippen LogP contribution in [-0.2, 0) is 12.0 Å². The van der Waals surface area contributed by atoms with E-state index in [4.69, 9.17) is 10.5 Å². The zero-order valence-electron chi connectivity index (χ0n) is 16.2. The molecule has 0 fully saturated rings. The van der Waals surface area contributed by atoms with Crippen LogP contribution in [-0.4, -0.2) is 11.7 Å². The maximum atomic E-state index is 6.39. The monoisotopic (exact) mass is 346 g/mol. The molecule has 0 atom stereocenters. The molecule has 0 saturated heterocycles. The number of hydrogen-bond acceptors (Lipinski definition) is 2. The Balaban J connectivity index is 2.04. The Morgan fingerprint density at radius 2 is 1.73 bits per heavy atom. The van der Waals surface area contributed by atoms with Crippen LogP contribution in [0.25, 0.3) is 10.9 Å². The third-order valence-corrected chi connectivity index (χ3v) is 4.70. The molecule has 1 heterocycles. The zero-order chi connectivity index (χ0) is 18.9. The number of aromatic nitrogens is 1. The largest absolute Gasteiger partial charge is 0.497 e. The Morgan fingerprint density at radius 3 is 2.31 bits per heavy atom. The molecule has 2 aromatic carbocycles. The molecule has 0 spiro atoms. The highest BCUT2D eigenvalue weighted by Crippen LogP contribution is 2.31. The first-order valence-corrected chi connectivity index (χ1v) is 8.93. The molecular weight excluding hydrogens is 320 g/mol. The molecule has 0 bridgehead atoms. The van der Waals surface area contributed by atoms with E-state index >= 15 is 0 Å². The highest BCUT2D eigenvalue weighted by Gasteiger charge is 2.14. The number of anilines is 1. The molecule has 2 N–H and O–H groups in total. The highest BCUT2D eigenvalue weighted by molar-refractivity contribution is 5.96. The van der Waals surface area contributed by atoms with Crippen molar-refractivity contribution in [3.05, 3.63) is 59.3 Å². The molecule has 3 heteroatoms. The summed E-state index contributed by atoms with van der Waals surface area (Å²) in [6.07, 6.45) is 0. The fourth-order valence-electron chi connectivity index (χ4n) is 3.13. The highest BCUT2D eigenvalue weighted by atomic mass is 16.5. The molecule has 134 valence electrons. The van der Waals surface area contributed by atoms with Crippen LogP contribution in [0.5, 0.6) is 5.75 Å². The second-order valence-corrected chi connectivity index (χ2v) is 7.47. The van der Waals surface area contributed by atoms with Gasteiger partial charge in [0.05, 0.1) is 18.3 Å². The number of fused-ring (bicyclic) bond motifs is 1. The smallest absolute Gasteiger partial charge is 0.120 e. The minimum absolute atomic E-state index is 0.143. The summed E-state index contributed by atoms with van der Waals surface area (Å²) in [5.74, 6) is 7.36. The van der Waals surface area contributed by atoms with E-state index in [0.29, 0.717) is 0 Å². The Hall–Kier alpha value is -2.86. The van der Waals surface area contributed by atoms with Gasteiger partial charge in [-0.25, -0.2) is 0 Å². The van der Waals surface area contributed by atoms with Crippen molar-refractivity contribution < 1.29 is 4.74 Å². The molecular formula is C23H26N2O. The van der Waals surface area contributed by atoms with Crippen LogP contribution >= 0.6 is 0 Å². The van der Waals surface area contributed by atoms with Crippen LogP contribution in [0.4, 0.5) is 5.69 Å². The second-order valence-electron chi connectivity index (χ2n) is 7.47. The first kappa shape index (κ1) is 17.9. The number of rotatable bonds is 2. The van der Waals surface area contributed by atoms with Crippen LogP contribution < -0.4 is 10.5 Å². The van der Waals surface area contributed by atoms with Crippen LogP contribution in [0, 0.1) is 11.8 Å². The Kier molecular flexibility index (Phi) is 4.70. The first-order valence-electron chi connectivity index (χ1n) is 8.93. The predicted molar refractivity (Wildman–Crippen MR) is 110 cm³/mol. The summed E-state index contributed by atoms with van der Waals surface area (Å²) in [6.45, 7) is 9.53. The topological polar surface area (TPSA) is 40.2 Å². The molecule has 3 nitrogen and oxygen atoms in total. The van der Waals surface area contributed by atoms with Crippen molar-refractivity contribution in [1.29, 1.82) is 0 Å². The summed E-state index contributed by atoms with van der Waals surface area (Å²) in [7, 11) is 1.67. The van der Waals surface area contributed by atoms with Gasteiger partial charge in [0, 0.05) is 23.6 Å². The lowest BCUT2D eigenvalue weighted by atomic mass is 9.87. The van der Waals surface area contributed by atoms with Gasteiger partial charge in [0.2, 0.25) is 0 Å². The molecule has 1 aromatic heterocycles. The van der Waals surface area contributed by atoms with Gasteiger partial charge in [-0.05, 0) is 48.1 Å². The van der Waals surface area contributed by atoms with Crippen LogP contribution in [0.1, 0.15) is 44.5 Å². The number of nitrogens with two attached hydrogens (primary N) is 1. The van der Waals surface area contributed by atoms with E-state index in [2.05, 4.69) is 68.4 Å². The van der Waals surface area contributed by atoms with E-state index in [9.17, 15) is 0 Å². The molecule has 0 unspecified atom stereocenters.